The molecule has 264 valence electrons. The molecule has 1 saturated heterocycles. The maximum absolute atomic E-state index is 14.3. The number of piperazine rings is 1. The monoisotopic (exact) mass is 736 g/mol. The highest BCUT2D eigenvalue weighted by Crippen LogP contribution is 2.26. The molecule has 2 amide bonds. The van der Waals surface area contributed by atoms with E-state index in [1.807, 2.05) is 0 Å². The molecule has 16 heteroatoms. The third kappa shape index (κ3) is 7.70. The van der Waals surface area contributed by atoms with Gasteiger partial charge in [-0.3, -0.25) is 19.0 Å². The summed E-state index contributed by atoms with van der Waals surface area (Å²) < 4.78 is 62.6. The number of rotatable bonds is 10. The minimum atomic E-state index is -4.01. The number of benzene rings is 4. The third-order valence-electron chi connectivity index (χ3n) is 8.33. The number of nitrogens with one attached hydrogen (secondary N) is 1. The zero-order chi connectivity index (χ0) is 36.4. The van der Waals surface area contributed by atoms with Gasteiger partial charge in [-0.05, 0) is 84.4 Å². The molecule has 12 nitrogen and oxygen atoms in total. The van der Waals surface area contributed by atoms with Gasteiger partial charge in [0.05, 0.1) is 47.7 Å². The van der Waals surface area contributed by atoms with Crippen LogP contribution in [0.5, 0.6) is 5.75 Å². The number of nitrogens with two attached hydrogens (primary N) is 1. The van der Waals surface area contributed by atoms with Crippen LogP contribution in [0.3, 0.4) is 0 Å². The molecule has 51 heavy (non-hydrogen) atoms. The number of amides is 2. The van der Waals surface area contributed by atoms with E-state index in [0.717, 1.165) is 16.4 Å². The molecular weight excluding hydrogens is 706 g/mol. The summed E-state index contributed by atoms with van der Waals surface area (Å²) in [5.74, 6) is -2.48. The Morgan fingerprint density at radius 3 is 2.31 bits per heavy atom. The van der Waals surface area contributed by atoms with Crippen LogP contribution in [0.4, 0.5) is 14.5 Å². The summed E-state index contributed by atoms with van der Waals surface area (Å²) in [6.07, 6.45) is -0.212. The molecule has 3 N–H and O–H groups in total. The molecule has 1 fully saturated rings. The van der Waals surface area contributed by atoms with Crippen LogP contribution < -0.4 is 21.3 Å². The van der Waals surface area contributed by atoms with Crippen molar-refractivity contribution in [1.29, 1.82) is 0 Å². The second-order valence-corrected chi connectivity index (χ2v) is 14.2. The summed E-state index contributed by atoms with van der Waals surface area (Å²) in [5.41, 5.74) is 6.28. The van der Waals surface area contributed by atoms with Crippen molar-refractivity contribution in [1.82, 2.24) is 24.1 Å². The molecule has 0 bridgehead atoms. The number of carbonyl (C=O) groups excluding carboxylic acids is 2. The van der Waals surface area contributed by atoms with Crippen molar-refractivity contribution in [3.8, 4) is 11.4 Å². The Balaban J connectivity index is 1.33. The van der Waals surface area contributed by atoms with Gasteiger partial charge in [0.25, 0.3) is 5.56 Å². The second-order valence-electron chi connectivity index (χ2n) is 11.8. The van der Waals surface area contributed by atoms with Crippen LogP contribution in [0.25, 0.3) is 16.6 Å². The average molecular weight is 737 g/mol. The highest BCUT2D eigenvalue weighted by molar-refractivity contribution is 7.89. The van der Waals surface area contributed by atoms with Crippen LogP contribution in [0.1, 0.15) is 17.4 Å². The molecular formula is C35H31ClF2N6O6S. The number of nitrogens with zero attached hydrogens (tertiary/aromatic N) is 4. The number of methoxy groups -OCH3 is 1. The Labute approximate surface area is 296 Å². The van der Waals surface area contributed by atoms with Crippen molar-refractivity contribution in [2.24, 2.45) is 0 Å². The molecule has 0 radical (unpaired) electrons. The molecule has 1 aliphatic heterocycles. The van der Waals surface area contributed by atoms with Crippen molar-refractivity contribution in [3.63, 3.8) is 0 Å². The number of anilines is 1. The van der Waals surface area contributed by atoms with Crippen molar-refractivity contribution in [2.75, 3.05) is 39.0 Å². The standard InChI is InChI=1S/C35H31ClF2N6O6S/c1-50-27-7-5-26(6-8-27)44-34(41-30-17-22(36)2-11-29(30)35(44)47)31(16-21-14-23(37)18-24(38)15-21)40-32(45)19-42-12-13-43(20-33(42)46)51(48,49)28-9-3-25(39)4-10-28/h2-11,14-15,17-18,31H,12-13,16,19-20,39H2,1H3,(H,40,45)/t31-/m0/s1. The van der Waals surface area contributed by atoms with Crippen molar-refractivity contribution in [2.45, 2.75) is 17.4 Å². The number of sulfonamides is 1. The lowest BCUT2D eigenvalue weighted by atomic mass is 10.0. The number of hydrogen-bond donors (Lipinski definition) is 2. The van der Waals surface area contributed by atoms with E-state index in [2.05, 4.69) is 5.32 Å². The van der Waals surface area contributed by atoms with Gasteiger partial charge in [0.2, 0.25) is 21.8 Å². The molecule has 1 atom stereocenters. The number of aromatic nitrogens is 2. The summed E-state index contributed by atoms with van der Waals surface area (Å²) in [7, 11) is -2.52. The number of fused-ring (bicyclic) bond motifs is 1. The molecule has 1 aromatic heterocycles. The first kappa shape index (κ1) is 35.4. The van der Waals surface area contributed by atoms with Crippen molar-refractivity contribution in [3.05, 3.63) is 123 Å². The fourth-order valence-corrected chi connectivity index (χ4v) is 7.37. The Hall–Kier alpha value is -5.38. The van der Waals surface area contributed by atoms with E-state index in [0.29, 0.717) is 28.2 Å². The number of halogens is 3. The minimum Gasteiger partial charge on any atom is -0.497 e. The lowest BCUT2D eigenvalue weighted by Crippen LogP contribution is -2.54. The van der Waals surface area contributed by atoms with Gasteiger partial charge < -0.3 is 20.7 Å². The third-order valence-corrected chi connectivity index (χ3v) is 10.4. The summed E-state index contributed by atoms with van der Waals surface area (Å²) in [6.45, 7) is -1.16. The quantitative estimate of drug-likeness (QED) is 0.205. The Morgan fingerprint density at radius 2 is 1.67 bits per heavy atom. The lowest BCUT2D eigenvalue weighted by Gasteiger charge is -2.33. The SMILES string of the molecule is COc1ccc(-n2c([C@H](Cc3cc(F)cc(F)c3)NC(=O)CN3CCN(S(=O)(=O)c4ccc(N)cc4)CC3=O)nc3cc(Cl)ccc3c2=O)cc1. The lowest BCUT2D eigenvalue weighted by molar-refractivity contribution is -0.138. The predicted octanol–water partition coefficient (Wildman–Crippen LogP) is 3.84. The van der Waals surface area contributed by atoms with Crippen LogP contribution >= 0.6 is 11.6 Å². The summed E-state index contributed by atoms with van der Waals surface area (Å²) in [4.78, 5) is 46.8. The highest BCUT2D eigenvalue weighted by Gasteiger charge is 2.34. The van der Waals surface area contributed by atoms with Gasteiger partial charge in [0.1, 0.15) is 23.2 Å². The van der Waals surface area contributed by atoms with E-state index in [9.17, 15) is 31.6 Å². The fraction of sp³-hybridized carbons (Fsp3) is 0.200. The average Bonchev–Trinajstić information content (AvgIpc) is 3.08. The van der Waals surface area contributed by atoms with Crippen molar-refractivity contribution < 1.29 is 31.5 Å². The second kappa shape index (κ2) is 14.5. The number of ether oxygens (including phenoxy) is 1. The molecule has 5 aromatic rings. The highest BCUT2D eigenvalue weighted by atomic mass is 35.5. The van der Waals surface area contributed by atoms with E-state index in [-0.39, 0.29) is 46.7 Å². The molecule has 2 heterocycles. The van der Waals surface area contributed by atoms with E-state index in [1.165, 1.54) is 59.0 Å². The number of carbonyl (C=O) groups is 2. The van der Waals surface area contributed by atoms with Gasteiger partial charge in [-0.2, -0.15) is 4.31 Å². The number of hydrogen-bond acceptors (Lipinski definition) is 8. The first-order valence-corrected chi connectivity index (χ1v) is 17.4. The molecule has 6 rings (SSSR count). The normalized spacial score (nSPS) is 14.4. The van der Waals surface area contributed by atoms with Gasteiger partial charge in [-0.25, -0.2) is 22.2 Å². The van der Waals surface area contributed by atoms with E-state index < -0.39 is 58.2 Å². The fourth-order valence-electron chi connectivity index (χ4n) is 5.82. The molecule has 0 aliphatic carbocycles. The molecule has 0 unspecified atom stereocenters. The van der Waals surface area contributed by atoms with E-state index in [4.69, 9.17) is 27.1 Å². The number of nitrogen functional groups attached to an aromatic ring is 1. The first-order chi connectivity index (χ1) is 24.3. The van der Waals surface area contributed by atoms with Crippen LogP contribution in [0, 0.1) is 11.6 Å². The van der Waals surface area contributed by atoms with E-state index in [1.54, 1.807) is 24.3 Å². The van der Waals surface area contributed by atoms with Gasteiger partial charge >= 0.3 is 0 Å². The largest absolute Gasteiger partial charge is 0.497 e. The summed E-state index contributed by atoms with van der Waals surface area (Å²) >= 11 is 6.24. The van der Waals surface area contributed by atoms with Gasteiger partial charge in [0.15, 0.2) is 0 Å². The summed E-state index contributed by atoms with van der Waals surface area (Å²) in [6, 6.07) is 18.3. The van der Waals surface area contributed by atoms with Crippen LogP contribution in [0.2, 0.25) is 5.02 Å². The minimum absolute atomic E-state index is 0.0173. The topological polar surface area (TPSA) is 157 Å². The molecule has 0 spiro atoms. The van der Waals surface area contributed by atoms with Crippen LogP contribution in [-0.4, -0.2) is 72.3 Å². The predicted molar refractivity (Wildman–Crippen MR) is 186 cm³/mol. The Bertz CT molecular complexity index is 2290. The van der Waals surface area contributed by atoms with Crippen LogP contribution in [0.15, 0.2) is 94.6 Å². The zero-order valence-electron chi connectivity index (χ0n) is 27.1. The maximum Gasteiger partial charge on any atom is 0.266 e. The van der Waals surface area contributed by atoms with Gasteiger partial charge in [-0.1, -0.05) is 11.6 Å². The zero-order valence-corrected chi connectivity index (χ0v) is 28.6. The van der Waals surface area contributed by atoms with Gasteiger partial charge in [0, 0.05) is 36.3 Å². The molecule has 0 saturated carbocycles. The molecule has 1 aliphatic rings. The van der Waals surface area contributed by atoms with Crippen molar-refractivity contribution >= 4 is 50.0 Å². The Kier molecular flexibility index (Phi) is 10.1. The Morgan fingerprint density at radius 1 is 0.980 bits per heavy atom. The molecule has 4 aromatic carbocycles. The van der Waals surface area contributed by atoms with E-state index >= 15 is 0 Å². The van der Waals surface area contributed by atoms with Gasteiger partial charge in [-0.15, -0.1) is 0 Å². The maximum atomic E-state index is 14.3. The van der Waals surface area contributed by atoms with Crippen LogP contribution in [-0.2, 0) is 26.0 Å². The summed E-state index contributed by atoms with van der Waals surface area (Å²) in [5, 5.41) is 3.32. The first-order valence-electron chi connectivity index (χ1n) is 15.6. The smallest absolute Gasteiger partial charge is 0.266 e.